The van der Waals surface area contributed by atoms with Crippen LogP contribution in [0, 0.1) is 10.1 Å². The van der Waals surface area contributed by atoms with Crippen LogP contribution in [0.5, 0.6) is 5.75 Å². The molecule has 6 heteroatoms. The lowest BCUT2D eigenvalue weighted by atomic mass is 10.1. The fourth-order valence-corrected chi connectivity index (χ4v) is 1.10. The highest BCUT2D eigenvalue weighted by Gasteiger charge is 2.12. The molecule has 0 radical (unpaired) electrons. The molecule has 0 aromatic heterocycles. The molecule has 84 valence electrons. The number of benzene rings is 1. The zero-order chi connectivity index (χ0) is 12.3. The van der Waals surface area contributed by atoms with Crippen molar-refractivity contribution in [3.05, 3.63) is 39.4 Å². The summed E-state index contributed by atoms with van der Waals surface area (Å²) in [7, 11) is 0. The van der Waals surface area contributed by atoms with Crippen molar-refractivity contribution in [2.24, 2.45) is 0 Å². The Bertz CT molecular complexity index is 478. The van der Waals surface area contributed by atoms with Gasteiger partial charge in [0.2, 0.25) is 0 Å². The number of nitro benzene ring substituents is 1. The van der Waals surface area contributed by atoms with E-state index in [0.29, 0.717) is 5.56 Å². The first-order chi connectivity index (χ1) is 7.41. The first-order valence-corrected chi connectivity index (χ1v) is 4.31. The third-order valence-corrected chi connectivity index (χ3v) is 1.92. The summed E-state index contributed by atoms with van der Waals surface area (Å²) in [6.45, 7) is 1.39. The summed E-state index contributed by atoms with van der Waals surface area (Å²) in [5.74, 6) is -1.57. The van der Waals surface area contributed by atoms with Gasteiger partial charge in [-0.05, 0) is 30.7 Å². The number of hydrogen-bond donors (Lipinski definition) is 2. The smallest absolute Gasteiger partial charge is 0.331 e. The zero-order valence-corrected chi connectivity index (χ0v) is 8.38. The SMILES string of the molecule is CC(=Cc1ccc([N+](=O)[O-])c(O)c1)C(=O)O. The van der Waals surface area contributed by atoms with Crippen LogP contribution < -0.4 is 0 Å². The minimum atomic E-state index is -1.09. The van der Waals surface area contributed by atoms with Crippen LogP contribution in [-0.2, 0) is 4.79 Å². The van der Waals surface area contributed by atoms with E-state index in [4.69, 9.17) is 5.11 Å². The molecule has 0 heterocycles. The van der Waals surface area contributed by atoms with Crippen molar-refractivity contribution in [3.8, 4) is 5.75 Å². The molecule has 1 aromatic rings. The predicted molar refractivity (Wildman–Crippen MR) is 56.0 cm³/mol. The molecule has 0 bridgehead atoms. The molecule has 0 saturated carbocycles. The van der Waals surface area contributed by atoms with Crippen LogP contribution in [0.3, 0.4) is 0 Å². The Labute approximate surface area is 90.6 Å². The summed E-state index contributed by atoms with van der Waals surface area (Å²) >= 11 is 0. The molecule has 0 atom stereocenters. The highest BCUT2D eigenvalue weighted by Crippen LogP contribution is 2.27. The number of nitro groups is 1. The Morgan fingerprint density at radius 1 is 1.50 bits per heavy atom. The molecule has 0 fully saturated rings. The molecule has 0 unspecified atom stereocenters. The summed E-state index contributed by atoms with van der Waals surface area (Å²) in [6.07, 6.45) is 1.31. The van der Waals surface area contributed by atoms with Gasteiger partial charge in [0.15, 0.2) is 5.75 Å². The topological polar surface area (TPSA) is 101 Å². The Balaban J connectivity index is 3.12. The van der Waals surface area contributed by atoms with E-state index in [1.54, 1.807) is 0 Å². The second kappa shape index (κ2) is 4.43. The van der Waals surface area contributed by atoms with Gasteiger partial charge in [0, 0.05) is 11.6 Å². The number of nitrogens with zero attached hydrogens (tertiary/aromatic N) is 1. The van der Waals surface area contributed by atoms with Crippen molar-refractivity contribution in [1.82, 2.24) is 0 Å². The zero-order valence-electron chi connectivity index (χ0n) is 8.38. The van der Waals surface area contributed by atoms with Gasteiger partial charge in [-0.15, -0.1) is 0 Å². The summed E-state index contributed by atoms with van der Waals surface area (Å²) in [6, 6.07) is 3.63. The van der Waals surface area contributed by atoms with Crippen molar-refractivity contribution in [3.63, 3.8) is 0 Å². The number of aliphatic carboxylic acids is 1. The van der Waals surface area contributed by atoms with Crippen LogP contribution in [0.25, 0.3) is 6.08 Å². The van der Waals surface area contributed by atoms with E-state index in [9.17, 15) is 20.0 Å². The lowest BCUT2D eigenvalue weighted by Crippen LogP contribution is -1.95. The average Bonchev–Trinajstić information content (AvgIpc) is 2.16. The maximum Gasteiger partial charge on any atom is 0.331 e. The molecule has 0 aliphatic heterocycles. The van der Waals surface area contributed by atoms with Crippen molar-refractivity contribution in [2.45, 2.75) is 6.92 Å². The van der Waals surface area contributed by atoms with E-state index < -0.39 is 22.3 Å². The van der Waals surface area contributed by atoms with Gasteiger partial charge in [-0.25, -0.2) is 4.79 Å². The second-order valence-electron chi connectivity index (χ2n) is 3.14. The molecule has 0 saturated heterocycles. The molecule has 1 aromatic carbocycles. The molecule has 0 aliphatic carbocycles. The highest BCUT2D eigenvalue weighted by molar-refractivity contribution is 5.91. The van der Waals surface area contributed by atoms with Gasteiger partial charge in [0.25, 0.3) is 0 Å². The summed E-state index contributed by atoms with van der Waals surface area (Å²) in [5.41, 5.74) is 0.0568. The number of rotatable bonds is 3. The maximum absolute atomic E-state index is 10.5. The van der Waals surface area contributed by atoms with Crippen molar-refractivity contribution < 1.29 is 19.9 Å². The molecular formula is C10H9NO5. The lowest BCUT2D eigenvalue weighted by molar-refractivity contribution is -0.385. The van der Waals surface area contributed by atoms with Crippen LogP contribution in [0.2, 0.25) is 0 Å². The van der Waals surface area contributed by atoms with E-state index in [2.05, 4.69) is 0 Å². The van der Waals surface area contributed by atoms with Crippen LogP contribution >= 0.6 is 0 Å². The lowest BCUT2D eigenvalue weighted by Gasteiger charge is -1.98. The summed E-state index contributed by atoms with van der Waals surface area (Å²) < 4.78 is 0. The predicted octanol–water partition coefficient (Wildman–Crippen LogP) is 1.79. The van der Waals surface area contributed by atoms with Gasteiger partial charge in [0.1, 0.15) is 0 Å². The minimum Gasteiger partial charge on any atom is -0.502 e. The summed E-state index contributed by atoms with van der Waals surface area (Å²) in [4.78, 5) is 20.2. The first-order valence-electron chi connectivity index (χ1n) is 4.31. The molecular weight excluding hydrogens is 214 g/mol. The summed E-state index contributed by atoms with van der Waals surface area (Å²) in [5, 5.41) is 28.3. The third-order valence-electron chi connectivity index (χ3n) is 1.92. The van der Waals surface area contributed by atoms with Gasteiger partial charge >= 0.3 is 11.7 Å². The van der Waals surface area contributed by atoms with Gasteiger partial charge in [-0.1, -0.05) is 0 Å². The van der Waals surface area contributed by atoms with E-state index in [1.807, 2.05) is 0 Å². The van der Waals surface area contributed by atoms with Crippen LogP contribution in [0.4, 0.5) is 5.69 Å². The van der Waals surface area contributed by atoms with Crippen molar-refractivity contribution in [2.75, 3.05) is 0 Å². The molecule has 1 rings (SSSR count). The normalized spacial score (nSPS) is 11.2. The fourth-order valence-electron chi connectivity index (χ4n) is 1.10. The van der Waals surface area contributed by atoms with Crippen molar-refractivity contribution >= 4 is 17.7 Å². The van der Waals surface area contributed by atoms with Gasteiger partial charge < -0.3 is 10.2 Å². The number of phenols is 1. The Morgan fingerprint density at radius 2 is 2.12 bits per heavy atom. The number of phenolic OH excluding ortho intramolecular Hbond substituents is 1. The van der Waals surface area contributed by atoms with E-state index in [-0.39, 0.29) is 5.57 Å². The maximum atomic E-state index is 10.5. The molecule has 0 aliphatic rings. The largest absolute Gasteiger partial charge is 0.502 e. The number of aromatic hydroxyl groups is 1. The molecule has 6 nitrogen and oxygen atoms in total. The van der Waals surface area contributed by atoms with Gasteiger partial charge in [0.05, 0.1) is 4.92 Å². The molecule has 16 heavy (non-hydrogen) atoms. The third kappa shape index (κ3) is 2.57. The van der Waals surface area contributed by atoms with E-state index >= 15 is 0 Å². The second-order valence-corrected chi connectivity index (χ2v) is 3.14. The van der Waals surface area contributed by atoms with Gasteiger partial charge in [-0.2, -0.15) is 0 Å². The molecule has 0 amide bonds. The molecule has 2 N–H and O–H groups in total. The Hall–Kier alpha value is -2.37. The first kappa shape index (κ1) is 11.7. The Morgan fingerprint density at radius 3 is 2.56 bits per heavy atom. The van der Waals surface area contributed by atoms with Gasteiger partial charge in [-0.3, -0.25) is 10.1 Å². The Kier molecular flexibility index (Phi) is 3.24. The monoisotopic (exact) mass is 223 g/mol. The number of carboxylic acid groups (broad SMARTS) is 1. The standard InChI is InChI=1S/C10H9NO5/c1-6(10(13)14)4-7-2-3-8(11(15)16)9(12)5-7/h2-5,12H,1H3,(H,13,14). The van der Waals surface area contributed by atoms with E-state index in [1.165, 1.54) is 19.1 Å². The van der Waals surface area contributed by atoms with E-state index in [0.717, 1.165) is 12.1 Å². The van der Waals surface area contributed by atoms with Crippen LogP contribution in [-0.4, -0.2) is 21.1 Å². The minimum absolute atomic E-state index is 0.0771. The fraction of sp³-hybridized carbons (Fsp3) is 0.100. The number of hydrogen-bond acceptors (Lipinski definition) is 4. The number of carbonyl (C=O) groups is 1. The number of carboxylic acids is 1. The van der Waals surface area contributed by atoms with Crippen LogP contribution in [0.1, 0.15) is 12.5 Å². The highest BCUT2D eigenvalue weighted by atomic mass is 16.6. The quantitative estimate of drug-likeness (QED) is 0.462. The molecule has 0 spiro atoms. The van der Waals surface area contributed by atoms with Crippen LogP contribution in [0.15, 0.2) is 23.8 Å². The van der Waals surface area contributed by atoms with Crippen molar-refractivity contribution in [1.29, 1.82) is 0 Å². The average molecular weight is 223 g/mol.